The largest absolute Gasteiger partial charge is 0.490 e. The molecular formula is C27H27N3O2. The zero-order valence-electron chi connectivity index (χ0n) is 18.0. The summed E-state index contributed by atoms with van der Waals surface area (Å²) in [6, 6.07) is 23.8. The minimum atomic E-state index is -0.231. The predicted molar refractivity (Wildman–Crippen MR) is 128 cm³/mol. The van der Waals surface area contributed by atoms with Crippen LogP contribution in [0.3, 0.4) is 0 Å². The van der Waals surface area contributed by atoms with E-state index in [0.29, 0.717) is 12.2 Å². The molecule has 0 spiro atoms. The van der Waals surface area contributed by atoms with Crippen molar-refractivity contribution in [1.29, 1.82) is 0 Å². The lowest BCUT2D eigenvalue weighted by Gasteiger charge is -2.28. The van der Waals surface area contributed by atoms with Gasteiger partial charge in [-0.1, -0.05) is 49.1 Å². The summed E-state index contributed by atoms with van der Waals surface area (Å²) in [5, 5.41) is 4.06. The molecule has 1 aliphatic rings. The average molecular weight is 426 g/mol. The van der Waals surface area contributed by atoms with Gasteiger partial charge in [0.1, 0.15) is 12.4 Å². The van der Waals surface area contributed by atoms with Crippen LogP contribution in [0.2, 0.25) is 0 Å². The second-order valence-electron chi connectivity index (χ2n) is 7.79. The number of hydrazone groups is 1. The molecule has 1 amide bonds. The molecule has 5 nitrogen and oxygen atoms in total. The van der Waals surface area contributed by atoms with Crippen molar-refractivity contribution in [1.82, 2.24) is 10.3 Å². The van der Waals surface area contributed by atoms with E-state index in [4.69, 9.17) is 4.74 Å². The number of ether oxygens (including phenoxy) is 1. The maximum Gasteiger partial charge on any atom is 0.271 e. The molecule has 162 valence electrons. The topological polar surface area (TPSA) is 53.9 Å². The van der Waals surface area contributed by atoms with Crippen LogP contribution in [0.4, 0.5) is 0 Å². The molecule has 0 saturated heterocycles. The molecule has 1 aliphatic heterocycles. The number of nitrogens with zero attached hydrogens (tertiary/aromatic N) is 2. The zero-order valence-corrected chi connectivity index (χ0v) is 18.0. The molecule has 0 aliphatic carbocycles. The third-order valence-electron chi connectivity index (χ3n) is 5.46. The number of fused-ring (bicyclic) bond motifs is 1. The van der Waals surface area contributed by atoms with Gasteiger partial charge in [0.15, 0.2) is 0 Å². The molecule has 4 rings (SSSR count). The first-order valence-electron chi connectivity index (χ1n) is 10.8. The summed E-state index contributed by atoms with van der Waals surface area (Å²) in [4.78, 5) is 14.8. The quantitative estimate of drug-likeness (QED) is 0.327. The Balaban J connectivity index is 1.28. The molecule has 3 aromatic carbocycles. The van der Waals surface area contributed by atoms with Crippen LogP contribution < -0.4 is 10.2 Å². The van der Waals surface area contributed by atoms with Gasteiger partial charge in [-0.15, -0.1) is 0 Å². The number of hydrogen-bond acceptors (Lipinski definition) is 4. The highest BCUT2D eigenvalue weighted by Gasteiger charge is 2.15. The smallest absolute Gasteiger partial charge is 0.271 e. The van der Waals surface area contributed by atoms with Crippen molar-refractivity contribution in [3.05, 3.63) is 113 Å². The molecule has 0 fully saturated rings. The summed E-state index contributed by atoms with van der Waals surface area (Å²) < 4.78 is 5.45. The van der Waals surface area contributed by atoms with Gasteiger partial charge in [0.05, 0.1) is 6.21 Å². The van der Waals surface area contributed by atoms with E-state index in [-0.39, 0.29) is 5.91 Å². The van der Waals surface area contributed by atoms with Gasteiger partial charge < -0.3 is 4.74 Å². The number of amides is 1. The molecule has 0 atom stereocenters. The van der Waals surface area contributed by atoms with Gasteiger partial charge in [-0.2, -0.15) is 5.10 Å². The van der Waals surface area contributed by atoms with Crippen molar-refractivity contribution < 1.29 is 9.53 Å². The minimum absolute atomic E-state index is 0.231. The van der Waals surface area contributed by atoms with E-state index in [1.54, 1.807) is 12.3 Å². The second kappa shape index (κ2) is 10.6. The summed E-state index contributed by atoms with van der Waals surface area (Å²) >= 11 is 0. The number of benzene rings is 3. The van der Waals surface area contributed by atoms with Gasteiger partial charge in [0.25, 0.3) is 5.91 Å². The first kappa shape index (κ1) is 21.5. The summed E-state index contributed by atoms with van der Waals surface area (Å²) in [7, 11) is 0. The van der Waals surface area contributed by atoms with E-state index >= 15 is 0 Å². The van der Waals surface area contributed by atoms with E-state index in [2.05, 4.69) is 46.3 Å². The van der Waals surface area contributed by atoms with Gasteiger partial charge in [-0.3, -0.25) is 9.69 Å². The molecule has 0 bridgehead atoms. The maximum absolute atomic E-state index is 12.4. The highest BCUT2D eigenvalue weighted by Crippen LogP contribution is 2.20. The van der Waals surface area contributed by atoms with Crippen LogP contribution in [0.1, 0.15) is 32.6 Å². The Morgan fingerprint density at radius 1 is 1.03 bits per heavy atom. The summed E-state index contributed by atoms with van der Waals surface area (Å²) in [6.07, 6.45) is 4.39. The van der Waals surface area contributed by atoms with E-state index in [1.165, 1.54) is 16.7 Å². The van der Waals surface area contributed by atoms with Crippen LogP contribution in [0.15, 0.2) is 90.6 Å². The number of carbonyl (C=O) groups excluding carboxylic acids is 1. The van der Waals surface area contributed by atoms with Crippen molar-refractivity contribution in [2.45, 2.75) is 19.5 Å². The molecule has 0 saturated carbocycles. The molecule has 32 heavy (non-hydrogen) atoms. The SMILES string of the molecule is C=CCOc1ccc(/C=N\NC(=O)c2ccc(CN3CCc4ccccc4C3)cc2)cc1. The third kappa shape index (κ3) is 5.71. The van der Waals surface area contributed by atoms with Crippen molar-refractivity contribution in [3.8, 4) is 5.75 Å². The van der Waals surface area contributed by atoms with Crippen molar-refractivity contribution >= 4 is 12.1 Å². The lowest BCUT2D eigenvalue weighted by Crippen LogP contribution is -2.30. The Morgan fingerprint density at radius 2 is 1.78 bits per heavy atom. The predicted octanol–water partition coefficient (Wildman–Crippen LogP) is 4.57. The van der Waals surface area contributed by atoms with Gasteiger partial charge in [0.2, 0.25) is 0 Å². The van der Waals surface area contributed by atoms with E-state index in [0.717, 1.165) is 37.4 Å². The molecule has 0 unspecified atom stereocenters. The fourth-order valence-electron chi connectivity index (χ4n) is 3.74. The van der Waals surface area contributed by atoms with Crippen LogP contribution >= 0.6 is 0 Å². The van der Waals surface area contributed by atoms with Crippen molar-refractivity contribution in [2.24, 2.45) is 5.10 Å². The van der Waals surface area contributed by atoms with Crippen LogP contribution in [0, 0.1) is 0 Å². The normalized spacial score (nSPS) is 13.5. The Kier molecular flexibility index (Phi) is 7.10. The van der Waals surface area contributed by atoms with E-state index in [9.17, 15) is 4.79 Å². The highest BCUT2D eigenvalue weighted by atomic mass is 16.5. The third-order valence-corrected chi connectivity index (χ3v) is 5.46. The first-order valence-corrected chi connectivity index (χ1v) is 10.8. The molecule has 5 heteroatoms. The van der Waals surface area contributed by atoms with Crippen LogP contribution in [-0.4, -0.2) is 30.2 Å². The molecule has 1 N–H and O–H groups in total. The highest BCUT2D eigenvalue weighted by molar-refractivity contribution is 5.94. The van der Waals surface area contributed by atoms with Crippen molar-refractivity contribution in [3.63, 3.8) is 0 Å². The Labute approximate surface area is 189 Å². The van der Waals surface area contributed by atoms with Gasteiger partial charge in [-0.25, -0.2) is 5.43 Å². The van der Waals surface area contributed by atoms with Crippen molar-refractivity contribution in [2.75, 3.05) is 13.2 Å². The van der Waals surface area contributed by atoms with Gasteiger partial charge in [0, 0.05) is 25.2 Å². The van der Waals surface area contributed by atoms with Gasteiger partial charge >= 0.3 is 0 Å². The van der Waals surface area contributed by atoms with E-state index < -0.39 is 0 Å². The van der Waals surface area contributed by atoms with Crippen LogP contribution in [0.5, 0.6) is 5.75 Å². The van der Waals surface area contributed by atoms with E-state index in [1.807, 2.05) is 48.5 Å². The Bertz CT molecular complexity index is 1090. The second-order valence-corrected chi connectivity index (χ2v) is 7.79. The fourth-order valence-corrected chi connectivity index (χ4v) is 3.74. The Hall–Kier alpha value is -3.70. The molecular weight excluding hydrogens is 398 g/mol. The Morgan fingerprint density at radius 3 is 2.53 bits per heavy atom. The first-order chi connectivity index (χ1) is 15.7. The number of hydrogen-bond donors (Lipinski definition) is 1. The fraction of sp³-hybridized carbons (Fsp3) is 0.185. The standard InChI is InChI=1S/C27H27N3O2/c1-2-17-32-26-13-9-21(10-14-26)18-28-29-27(31)24-11-7-22(8-12-24)19-30-16-15-23-5-3-4-6-25(23)20-30/h2-14,18H,1,15-17,19-20H2,(H,29,31)/b28-18-. The van der Waals surface area contributed by atoms with Gasteiger partial charge in [-0.05, 0) is 65.1 Å². The van der Waals surface area contributed by atoms with Crippen LogP contribution in [0.25, 0.3) is 0 Å². The summed E-state index contributed by atoms with van der Waals surface area (Å²) in [5.41, 5.74) is 8.10. The zero-order chi connectivity index (χ0) is 22.2. The molecule has 3 aromatic rings. The molecule has 0 aromatic heterocycles. The summed E-state index contributed by atoms with van der Waals surface area (Å²) in [6.45, 7) is 6.99. The maximum atomic E-state index is 12.4. The molecule has 1 heterocycles. The van der Waals surface area contributed by atoms with Crippen LogP contribution in [-0.2, 0) is 19.5 Å². The number of carbonyl (C=O) groups is 1. The summed E-state index contributed by atoms with van der Waals surface area (Å²) in [5.74, 6) is 0.533. The lowest BCUT2D eigenvalue weighted by atomic mass is 9.99. The lowest BCUT2D eigenvalue weighted by molar-refractivity contribution is 0.0955. The number of nitrogens with one attached hydrogen (secondary N) is 1. The number of rotatable bonds is 8. The minimum Gasteiger partial charge on any atom is -0.490 e. The molecule has 0 radical (unpaired) electrons. The monoisotopic (exact) mass is 425 g/mol. The average Bonchev–Trinajstić information content (AvgIpc) is 2.84.